The number of ether oxygens (including phenoxy) is 1. The number of carbonyl (C=O) groups is 1. The van der Waals surface area contributed by atoms with Crippen LogP contribution in [0.5, 0.6) is 0 Å². The highest BCUT2D eigenvalue weighted by atomic mass is 32.1. The number of aromatic nitrogens is 1. The van der Waals surface area contributed by atoms with Crippen molar-refractivity contribution in [2.45, 2.75) is 6.04 Å². The van der Waals surface area contributed by atoms with Crippen molar-refractivity contribution < 1.29 is 9.53 Å². The minimum Gasteiger partial charge on any atom is -0.480 e. The lowest BCUT2D eigenvalue weighted by molar-refractivity contribution is -0.110. The van der Waals surface area contributed by atoms with Gasteiger partial charge >= 0.3 is 0 Å². The first-order chi connectivity index (χ1) is 7.74. The Morgan fingerprint density at radius 3 is 3.19 bits per heavy atom. The molecule has 86 valence electrons. The van der Waals surface area contributed by atoms with E-state index in [0.717, 1.165) is 24.6 Å². The van der Waals surface area contributed by atoms with Crippen molar-refractivity contribution in [2.24, 2.45) is 0 Å². The van der Waals surface area contributed by atoms with Crippen LogP contribution in [0.2, 0.25) is 0 Å². The molecule has 0 radical (unpaired) electrons. The molecule has 6 nitrogen and oxygen atoms in total. The first-order valence-electron chi connectivity index (χ1n) is 4.78. The molecule has 0 spiro atoms. The van der Waals surface area contributed by atoms with Crippen molar-refractivity contribution in [3.63, 3.8) is 0 Å². The number of methoxy groups -OCH3 is 1. The summed E-state index contributed by atoms with van der Waals surface area (Å²) in [6, 6.07) is 0.215. The summed E-state index contributed by atoms with van der Waals surface area (Å²) in [6.07, 6.45) is 2.35. The van der Waals surface area contributed by atoms with Crippen LogP contribution in [0.1, 0.15) is 4.88 Å². The monoisotopic (exact) mass is 240 g/mol. The lowest BCUT2D eigenvalue weighted by Crippen LogP contribution is -2.57. The van der Waals surface area contributed by atoms with Gasteiger partial charge in [-0.3, -0.25) is 10.2 Å². The smallest absolute Gasteiger partial charge is 0.225 e. The van der Waals surface area contributed by atoms with Crippen LogP contribution in [-0.4, -0.2) is 43.5 Å². The van der Waals surface area contributed by atoms with Gasteiger partial charge in [-0.15, -0.1) is 0 Å². The highest BCUT2D eigenvalue weighted by molar-refractivity contribution is 7.17. The number of hydrogen-bond acceptors (Lipinski definition) is 6. The molecular weight excluding hydrogens is 228 g/mol. The van der Waals surface area contributed by atoms with Crippen LogP contribution in [0.3, 0.4) is 0 Å². The van der Waals surface area contributed by atoms with Crippen molar-refractivity contribution in [1.82, 2.24) is 10.3 Å². The Balaban J connectivity index is 1.94. The molecule has 1 aliphatic heterocycles. The van der Waals surface area contributed by atoms with Gasteiger partial charge in [-0.05, 0) is 0 Å². The van der Waals surface area contributed by atoms with Crippen LogP contribution < -0.4 is 10.2 Å². The highest BCUT2D eigenvalue weighted by Gasteiger charge is 2.28. The van der Waals surface area contributed by atoms with E-state index in [0.29, 0.717) is 4.88 Å². The second-order valence-electron chi connectivity index (χ2n) is 3.43. The second-order valence-corrected chi connectivity index (χ2v) is 4.44. The molecule has 0 atom stereocenters. The van der Waals surface area contributed by atoms with Gasteiger partial charge in [0.05, 0.1) is 19.3 Å². The number of thiazole rings is 1. The number of carbonyl (C=O) groups excluding carboxylic acids is 1. The topological polar surface area (TPSA) is 78.3 Å². The fourth-order valence-electron chi connectivity index (χ4n) is 1.45. The molecule has 0 aliphatic carbocycles. The zero-order chi connectivity index (χ0) is 11.5. The molecule has 0 aromatic carbocycles. The van der Waals surface area contributed by atoms with Crippen LogP contribution >= 0.6 is 11.3 Å². The summed E-state index contributed by atoms with van der Waals surface area (Å²) in [5, 5.41) is 11.1. The predicted octanol–water partition coefficient (Wildman–Crippen LogP) is 0.0495. The van der Waals surface area contributed by atoms with Crippen molar-refractivity contribution in [3.05, 3.63) is 11.1 Å². The SMILES string of the molecule is COC(=N)c1cnc(N2CC(NC=O)C2)s1. The molecule has 1 fully saturated rings. The lowest BCUT2D eigenvalue weighted by atomic mass is 10.1. The maximum atomic E-state index is 10.2. The molecule has 7 heteroatoms. The largest absolute Gasteiger partial charge is 0.480 e. The summed E-state index contributed by atoms with van der Waals surface area (Å²) in [5.74, 6) is 0.131. The molecule has 2 N–H and O–H groups in total. The molecule has 1 aliphatic rings. The van der Waals surface area contributed by atoms with E-state index in [2.05, 4.69) is 15.2 Å². The standard InChI is InChI=1S/C9H12N4O2S/c1-15-8(10)7-2-11-9(16-7)13-3-6(4-13)12-5-14/h2,5-6,10H,3-4H2,1H3,(H,12,14). The van der Waals surface area contributed by atoms with Gasteiger partial charge in [0, 0.05) is 13.1 Å². The average molecular weight is 240 g/mol. The summed E-state index contributed by atoms with van der Waals surface area (Å²) in [5.41, 5.74) is 0. The summed E-state index contributed by atoms with van der Waals surface area (Å²) in [4.78, 5) is 17.2. The number of anilines is 1. The van der Waals surface area contributed by atoms with Crippen LogP contribution in [0.25, 0.3) is 0 Å². The van der Waals surface area contributed by atoms with Gasteiger partial charge in [-0.2, -0.15) is 0 Å². The van der Waals surface area contributed by atoms with E-state index in [1.807, 2.05) is 0 Å². The molecule has 2 heterocycles. The molecule has 0 saturated carbocycles. The van der Waals surface area contributed by atoms with Gasteiger partial charge in [0.25, 0.3) is 0 Å². The Kier molecular flexibility index (Phi) is 3.04. The van der Waals surface area contributed by atoms with E-state index >= 15 is 0 Å². The first kappa shape index (κ1) is 10.9. The zero-order valence-corrected chi connectivity index (χ0v) is 9.58. The van der Waals surface area contributed by atoms with Gasteiger partial charge in [-0.25, -0.2) is 4.98 Å². The first-order valence-corrected chi connectivity index (χ1v) is 5.59. The molecule has 1 amide bonds. The third-order valence-electron chi connectivity index (χ3n) is 2.38. The van der Waals surface area contributed by atoms with E-state index in [-0.39, 0.29) is 11.9 Å². The number of nitrogens with zero attached hydrogens (tertiary/aromatic N) is 2. The Morgan fingerprint density at radius 2 is 2.56 bits per heavy atom. The van der Waals surface area contributed by atoms with Crippen molar-refractivity contribution in [1.29, 1.82) is 5.41 Å². The lowest BCUT2D eigenvalue weighted by Gasteiger charge is -2.38. The summed E-state index contributed by atoms with van der Waals surface area (Å²) in [7, 11) is 1.47. The third kappa shape index (κ3) is 1.99. The molecule has 16 heavy (non-hydrogen) atoms. The normalized spacial score (nSPS) is 15.4. The Hall–Kier alpha value is -1.63. The second kappa shape index (κ2) is 4.48. The number of nitrogens with one attached hydrogen (secondary N) is 2. The Bertz CT molecular complexity index is 400. The number of hydrogen-bond donors (Lipinski definition) is 2. The van der Waals surface area contributed by atoms with E-state index in [4.69, 9.17) is 10.1 Å². The third-order valence-corrected chi connectivity index (χ3v) is 3.43. The maximum absolute atomic E-state index is 10.2. The van der Waals surface area contributed by atoms with Crippen molar-refractivity contribution in [3.8, 4) is 0 Å². The van der Waals surface area contributed by atoms with Gasteiger partial charge in [0.15, 0.2) is 5.13 Å². The molecule has 1 saturated heterocycles. The highest BCUT2D eigenvalue weighted by Crippen LogP contribution is 2.26. The fraction of sp³-hybridized carbons (Fsp3) is 0.444. The minimum absolute atomic E-state index is 0.131. The molecule has 2 rings (SSSR count). The van der Waals surface area contributed by atoms with Gasteiger partial charge < -0.3 is 15.0 Å². The Morgan fingerprint density at radius 1 is 1.81 bits per heavy atom. The van der Waals surface area contributed by atoms with E-state index < -0.39 is 0 Å². The molecular formula is C9H12N4O2S. The van der Waals surface area contributed by atoms with Crippen molar-refractivity contribution in [2.75, 3.05) is 25.1 Å². The summed E-state index contributed by atoms with van der Waals surface area (Å²) < 4.78 is 4.82. The maximum Gasteiger partial charge on any atom is 0.225 e. The number of amides is 1. The Labute approximate surface area is 96.7 Å². The molecule has 1 aromatic rings. The average Bonchev–Trinajstić information content (AvgIpc) is 2.70. The van der Waals surface area contributed by atoms with E-state index in [1.54, 1.807) is 6.20 Å². The van der Waals surface area contributed by atoms with Crippen LogP contribution in [0.4, 0.5) is 5.13 Å². The van der Waals surface area contributed by atoms with E-state index in [1.165, 1.54) is 18.4 Å². The van der Waals surface area contributed by atoms with Gasteiger partial charge in [0.1, 0.15) is 4.88 Å². The molecule has 0 unspecified atom stereocenters. The quantitative estimate of drug-likeness (QED) is 0.443. The fourth-order valence-corrected chi connectivity index (χ4v) is 2.31. The van der Waals surface area contributed by atoms with Gasteiger partial charge in [0.2, 0.25) is 12.3 Å². The summed E-state index contributed by atoms with van der Waals surface area (Å²) >= 11 is 1.42. The molecule has 1 aromatic heterocycles. The van der Waals surface area contributed by atoms with E-state index in [9.17, 15) is 4.79 Å². The summed E-state index contributed by atoms with van der Waals surface area (Å²) in [6.45, 7) is 1.54. The van der Waals surface area contributed by atoms with Gasteiger partial charge in [-0.1, -0.05) is 11.3 Å². The predicted molar refractivity (Wildman–Crippen MR) is 61.2 cm³/mol. The minimum atomic E-state index is 0.131. The molecule has 0 bridgehead atoms. The van der Waals surface area contributed by atoms with Crippen LogP contribution in [0, 0.1) is 5.41 Å². The number of rotatable bonds is 4. The van der Waals surface area contributed by atoms with Crippen LogP contribution in [-0.2, 0) is 9.53 Å². The van der Waals surface area contributed by atoms with Crippen LogP contribution in [0.15, 0.2) is 6.20 Å². The zero-order valence-electron chi connectivity index (χ0n) is 8.77. The van der Waals surface area contributed by atoms with Crippen molar-refractivity contribution >= 4 is 28.8 Å².